The lowest BCUT2D eigenvalue weighted by Crippen LogP contribution is -2.22. The van der Waals surface area contributed by atoms with Gasteiger partial charge in [0, 0.05) is 32.7 Å². The Morgan fingerprint density at radius 2 is 1.72 bits per heavy atom. The van der Waals surface area contributed by atoms with E-state index in [-0.39, 0.29) is 6.61 Å². The summed E-state index contributed by atoms with van der Waals surface area (Å²) in [7, 11) is 0. The molecular weight excluding hydrogens is 425 g/mol. The fraction of sp³-hybridized carbons (Fsp3) is 0.368. The molecule has 6 heteroatoms. The van der Waals surface area contributed by atoms with E-state index in [1.54, 1.807) is 12.1 Å². The van der Waals surface area contributed by atoms with Crippen LogP contribution in [0, 0.1) is 0 Å². The average Bonchev–Trinajstić information content (AvgIpc) is 2.55. The second-order valence-electron chi connectivity index (χ2n) is 5.85. The molecule has 0 spiro atoms. The van der Waals surface area contributed by atoms with Crippen LogP contribution in [0.25, 0.3) is 0 Å². The quantitative estimate of drug-likeness (QED) is 0.521. The Balaban J connectivity index is 2.22. The maximum absolute atomic E-state index is 6.21. The van der Waals surface area contributed by atoms with Crippen molar-refractivity contribution in [3.63, 3.8) is 0 Å². The topological polar surface area (TPSA) is 30.5 Å². The molecule has 2 rings (SSSR count). The van der Waals surface area contributed by atoms with Gasteiger partial charge in [-0.1, -0.05) is 59.0 Å². The van der Waals surface area contributed by atoms with Crippen LogP contribution in [0.15, 0.2) is 34.8 Å². The first kappa shape index (κ1) is 20.4. The van der Waals surface area contributed by atoms with Crippen molar-refractivity contribution in [1.29, 1.82) is 0 Å². The van der Waals surface area contributed by atoms with Crippen LogP contribution < -0.4 is 14.8 Å². The van der Waals surface area contributed by atoms with E-state index in [0.717, 1.165) is 22.1 Å². The summed E-state index contributed by atoms with van der Waals surface area (Å²) in [5.41, 5.74) is 1.87. The molecule has 0 saturated heterocycles. The molecule has 2 aromatic rings. The third-order valence-electron chi connectivity index (χ3n) is 3.55. The molecule has 0 amide bonds. The highest BCUT2D eigenvalue weighted by atomic mass is 79.9. The van der Waals surface area contributed by atoms with Crippen molar-refractivity contribution < 1.29 is 9.47 Å². The number of hydrogen-bond acceptors (Lipinski definition) is 3. The summed E-state index contributed by atoms with van der Waals surface area (Å²) < 4.78 is 12.7. The fourth-order valence-corrected chi connectivity index (χ4v) is 3.20. The van der Waals surface area contributed by atoms with Crippen molar-refractivity contribution in [2.45, 2.75) is 40.0 Å². The maximum atomic E-state index is 6.21. The van der Waals surface area contributed by atoms with Crippen molar-refractivity contribution in [1.82, 2.24) is 5.32 Å². The van der Waals surface area contributed by atoms with Gasteiger partial charge in [0.15, 0.2) is 11.5 Å². The summed E-state index contributed by atoms with van der Waals surface area (Å²) in [4.78, 5) is 0. The molecule has 0 aliphatic carbocycles. The predicted molar refractivity (Wildman–Crippen MR) is 108 cm³/mol. The molecule has 25 heavy (non-hydrogen) atoms. The Hall–Kier alpha value is -0.940. The summed E-state index contributed by atoms with van der Waals surface area (Å²) in [6.45, 7) is 7.75. The third-order valence-corrected chi connectivity index (χ3v) is 4.99. The second-order valence-corrected chi connectivity index (χ2v) is 7.52. The van der Waals surface area contributed by atoms with Crippen molar-refractivity contribution in [2.24, 2.45) is 0 Å². The van der Waals surface area contributed by atoms with Crippen molar-refractivity contribution in [3.8, 4) is 11.5 Å². The minimum atomic E-state index is 0.272. The molecule has 0 aliphatic rings. The smallest absolute Gasteiger partial charge is 0.162 e. The van der Waals surface area contributed by atoms with E-state index in [2.05, 4.69) is 35.1 Å². The van der Waals surface area contributed by atoms with Gasteiger partial charge in [-0.25, -0.2) is 0 Å². The summed E-state index contributed by atoms with van der Waals surface area (Å²) in [5, 5.41) is 4.57. The number of ether oxygens (including phenoxy) is 2. The molecule has 0 aromatic heterocycles. The van der Waals surface area contributed by atoms with Crippen LogP contribution in [0.5, 0.6) is 11.5 Å². The lowest BCUT2D eigenvalue weighted by molar-refractivity contribution is 0.269. The third kappa shape index (κ3) is 5.78. The van der Waals surface area contributed by atoms with Crippen LogP contribution >= 0.6 is 39.1 Å². The van der Waals surface area contributed by atoms with E-state index in [9.17, 15) is 0 Å². The largest absolute Gasteiger partial charge is 0.490 e. The number of nitrogens with one attached hydrogen (secondary N) is 1. The van der Waals surface area contributed by atoms with Crippen LogP contribution in [-0.4, -0.2) is 12.6 Å². The van der Waals surface area contributed by atoms with E-state index in [4.69, 9.17) is 32.7 Å². The normalized spacial score (nSPS) is 11.0. The summed E-state index contributed by atoms with van der Waals surface area (Å²) in [6, 6.07) is 9.73. The van der Waals surface area contributed by atoms with Crippen molar-refractivity contribution in [3.05, 3.63) is 56.0 Å². The molecule has 0 atom stereocenters. The molecule has 136 valence electrons. The Morgan fingerprint density at radius 1 is 1.08 bits per heavy atom. The van der Waals surface area contributed by atoms with Gasteiger partial charge in [0.05, 0.1) is 6.61 Å². The average molecular weight is 447 g/mol. The number of halogens is 3. The van der Waals surface area contributed by atoms with Crippen LogP contribution in [0.2, 0.25) is 10.0 Å². The SMILES string of the molecule is CCOc1cc(CNC(C)C)c(Br)cc1OCc1c(Cl)cccc1Cl. The van der Waals surface area contributed by atoms with E-state index >= 15 is 0 Å². The highest BCUT2D eigenvalue weighted by Crippen LogP contribution is 2.35. The minimum Gasteiger partial charge on any atom is -0.490 e. The molecular formula is C19H22BrCl2NO2. The molecule has 0 heterocycles. The van der Waals surface area contributed by atoms with Crippen LogP contribution in [0.4, 0.5) is 0 Å². The molecule has 0 fully saturated rings. The first-order valence-corrected chi connectivity index (χ1v) is 9.71. The van der Waals surface area contributed by atoms with Crippen molar-refractivity contribution in [2.75, 3.05) is 6.61 Å². The molecule has 1 N–H and O–H groups in total. The first-order chi connectivity index (χ1) is 11.9. The first-order valence-electron chi connectivity index (χ1n) is 8.16. The van der Waals surface area contributed by atoms with Gasteiger partial charge >= 0.3 is 0 Å². The Kier molecular flexibility index (Phi) is 7.88. The zero-order valence-electron chi connectivity index (χ0n) is 14.5. The van der Waals surface area contributed by atoms with Gasteiger partial charge in [-0.15, -0.1) is 0 Å². The Morgan fingerprint density at radius 3 is 2.32 bits per heavy atom. The Labute approximate surface area is 167 Å². The molecule has 0 bridgehead atoms. The summed E-state index contributed by atoms with van der Waals surface area (Å²) in [5.74, 6) is 1.35. The summed E-state index contributed by atoms with van der Waals surface area (Å²) >= 11 is 16.0. The highest BCUT2D eigenvalue weighted by molar-refractivity contribution is 9.10. The summed E-state index contributed by atoms with van der Waals surface area (Å²) in [6.07, 6.45) is 0. The van der Waals surface area contributed by atoms with E-state index in [0.29, 0.717) is 34.2 Å². The van der Waals surface area contributed by atoms with Gasteiger partial charge in [-0.3, -0.25) is 0 Å². The highest BCUT2D eigenvalue weighted by Gasteiger charge is 2.13. The lowest BCUT2D eigenvalue weighted by Gasteiger charge is -2.17. The van der Waals surface area contributed by atoms with E-state index < -0.39 is 0 Å². The zero-order chi connectivity index (χ0) is 18.4. The molecule has 2 aromatic carbocycles. The van der Waals surface area contributed by atoms with Crippen molar-refractivity contribution >= 4 is 39.1 Å². The number of rotatable bonds is 8. The van der Waals surface area contributed by atoms with Gasteiger partial charge in [0.25, 0.3) is 0 Å². The van der Waals surface area contributed by atoms with Crippen LogP contribution in [0.1, 0.15) is 31.9 Å². The van der Waals surface area contributed by atoms with Gasteiger partial charge in [0.2, 0.25) is 0 Å². The minimum absolute atomic E-state index is 0.272. The number of benzene rings is 2. The molecule has 0 aliphatic heterocycles. The maximum Gasteiger partial charge on any atom is 0.162 e. The fourth-order valence-electron chi connectivity index (χ4n) is 2.23. The molecule has 0 saturated carbocycles. The second kappa shape index (κ2) is 9.67. The van der Waals surface area contributed by atoms with Gasteiger partial charge in [-0.05, 0) is 36.8 Å². The zero-order valence-corrected chi connectivity index (χ0v) is 17.6. The van der Waals surface area contributed by atoms with E-state index in [1.165, 1.54) is 0 Å². The lowest BCUT2D eigenvalue weighted by atomic mass is 10.2. The van der Waals surface area contributed by atoms with Gasteiger partial charge in [-0.2, -0.15) is 0 Å². The Bertz CT molecular complexity index is 703. The number of hydrogen-bond donors (Lipinski definition) is 1. The van der Waals surface area contributed by atoms with Gasteiger partial charge in [0.1, 0.15) is 6.61 Å². The monoisotopic (exact) mass is 445 g/mol. The van der Waals surface area contributed by atoms with Crippen LogP contribution in [-0.2, 0) is 13.2 Å². The molecule has 3 nitrogen and oxygen atoms in total. The van der Waals surface area contributed by atoms with Gasteiger partial charge < -0.3 is 14.8 Å². The van der Waals surface area contributed by atoms with E-state index in [1.807, 2.05) is 25.1 Å². The van der Waals surface area contributed by atoms with Crippen LogP contribution in [0.3, 0.4) is 0 Å². The molecule has 0 unspecified atom stereocenters. The predicted octanol–water partition coefficient (Wildman–Crippen LogP) is 6.23. The standard InChI is InChI=1S/C19H22BrCl2NO2/c1-4-24-18-8-13(10-23-12(2)3)15(20)9-19(18)25-11-14-16(21)6-5-7-17(14)22/h5-9,12,23H,4,10-11H2,1-3H3. The molecule has 0 radical (unpaired) electrons.